The highest BCUT2D eigenvalue weighted by molar-refractivity contribution is 6.01. The first kappa shape index (κ1) is 23.3. The van der Waals surface area contributed by atoms with Crippen LogP contribution >= 0.6 is 0 Å². The molecule has 0 bridgehead atoms. The van der Waals surface area contributed by atoms with Crippen LogP contribution in [-0.4, -0.2) is 26.2 Å². The van der Waals surface area contributed by atoms with Crippen LogP contribution in [0.1, 0.15) is 51.5 Å². The van der Waals surface area contributed by atoms with Gasteiger partial charge in [0.25, 0.3) is 0 Å². The molecule has 0 heterocycles. The van der Waals surface area contributed by atoms with Crippen molar-refractivity contribution in [3.63, 3.8) is 0 Å². The van der Waals surface area contributed by atoms with E-state index in [1.807, 2.05) is 42.5 Å². The molecule has 0 spiro atoms. The molecule has 0 fully saturated rings. The third kappa shape index (κ3) is 8.19. The fourth-order valence-corrected chi connectivity index (χ4v) is 2.77. The number of hydrogen-bond donors (Lipinski definition) is 1. The van der Waals surface area contributed by atoms with Crippen molar-refractivity contribution in [1.29, 1.82) is 0 Å². The zero-order valence-corrected chi connectivity index (χ0v) is 18.3. The summed E-state index contributed by atoms with van der Waals surface area (Å²) in [5, 5.41) is 2.85. The van der Waals surface area contributed by atoms with Gasteiger partial charge in [-0.25, -0.2) is 0 Å². The second kappa shape index (κ2) is 13.3. The van der Waals surface area contributed by atoms with Gasteiger partial charge in [-0.15, -0.1) is 0 Å². The highest BCUT2D eigenvalue weighted by Crippen LogP contribution is 2.28. The summed E-state index contributed by atoms with van der Waals surface area (Å²) >= 11 is 0. The summed E-state index contributed by atoms with van der Waals surface area (Å²) in [6.45, 7) is 5.67. The predicted octanol–water partition coefficient (Wildman–Crippen LogP) is 6.10. The number of amides is 1. The van der Waals surface area contributed by atoms with Gasteiger partial charge in [0.05, 0.1) is 20.3 Å². The normalized spacial score (nSPS) is 10.8. The minimum absolute atomic E-state index is 0.200. The topological polar surface area (TPSA) is 56.8 Å². The summed E-state index contributed by atoms with van der Waals surface area (Å²) in [4.78, 5) is 12.2. The Bertz CT molecular complexity index is 799. The molecule has 30 heavy (non-hydrogen) atoms. The average Bonchev–Trinajstić information content (AvgIpc) is 2.77. The van der Waals surface area contributed by atoms with Gasteiger partial charge in [-0.2, -0.15) is 0 Å². The number of methoxy groups -OCH3 is 1. The molecular formula is C25H33NO4. The summed E-state index contributed by atoms with van der Waals surface area (Å²) in [6.07, 6.45) is 8.70. The number of anilines is 1. The molecule has 0 atom stereocenters. The van der Waals surface area contributed by atoms with Crippen molar-refractivity contribution in [1.82, 2.24) is 0 Å². The van der Waals surface area contributed by atoms with E-state index in [0.29, 0.717) is 19.0 Å². The molecule has 1 amide bonds. The lowest BCUT2D eigenvalue weighted by Gasteiger charge is -2.11. The van der Waals surface area contributed by atoms with Gasteiger partial charge in [-0.05, 0) is 60.9 Å². The number of rotatable bonds is 13. The van der Waals surface area contributed by atoms with Crippen molar-refractivity contribution in [3.8, 4) is 17.2 Å². The molecule has 0 aliphatic heterocycles. The zero-order chi connectivity index (χ0) is 21.6. The van der Waals surface area contributed by atoms with Gasteiger partial charge in [0.1, 0.15) is 5.75 Å². The van der Waals surface area contributed by atoms with E-state index in [2.05, 4.69) is 19.2 Å². The Morgan fingerprint density at radius 1 is 0.900 bits per heavy atom. The van der Waals surface area contributed by atoms with E-state index in [4.69, 9.17) is 14.2 Å². The van der Waals surface area contributed by atoms with Crippen molar-refractivity contribution in [2.75, 3.05) is 25.6 Å². The van der Waals surface area contributed by atoms with Gasteiger partial charge in [0.15, 0.2) is 11.5 Å². The van der Waals surface area contributed by atoms with Crippen LogP contribution in [0.4, 0.5) is 5.69 Å². The van der Waals surface area contributed by atoms with Crippen molar-refractivity contribution in [2.24, 2.45) is 0 Å². The van der Waals surface area contributed by atoms with Crippen molar-refractivity contribution < 1.29 is 19.0 Å². The van der Waals surface area contributed by atoms with Crippen molar-refractivity contribution in [2.45, 2.75) is 46.0 Å². The first-order valence-corrected chi connectivity index (χ1v) is 10.7. The van der Waals surface area contributed by atoms with E-state index in [1.54, 1.807) is 13.2 Å². The number of nitrogens with one attached hydrogen (secondary N) is 1. The first-order valence-electron chi connectivity index (χ1n) is 10.7. The molecule has 0 radical (unpaired) electrons. The molecule has 1 N–H and O–H groups in total. The van der Waals surface area contributed by atoms with Crippen LogP contribution in [-0.2, 0) is 4.79 Å². The van der Waals surface area contributed by atoms with E-state index in [-0.39, 0.29) is 5.91 Å². The minimum Gasteiger partial charge on any atom is -0.494 e. The Balaban J connectivity index is 1.89. The number of unbranched alkanes of at least 4 members (excludes halogenated alkanes) is 3. The van der Waals surface area contributed by atoms with Gasteiger partial charge < -0.3 is 19.5 Å². The van der Waals surface area contributed by atoms with E-state index < -0.39 is 0 Å². The average molecular weight is 412 g/mol. The molecular weight excluding hydrogens is 378 g/mol. The second-order valence-corrected chi connectivity index (χ2v) is 7.01. The van der Waals surface area contributed by atoms with E-state index in [9.17, 15) is 4.79 Å². The van der Waals surface area contributed by atoms with E-state index in [1.165, 1.54) is 6.08 Å². The number of hydrogen-bond acceptors (Lipinski definition) is 4. The quantitative estimate of drug-likeness (QED) is 0.320. The molecule has 0 saturated carbocycles. The molecule has 2 aromatic rings. The molecule has 0 aromatic heterocycles. The van der Waals surface area contributed by atoms with Crippen LogP contribution < -0.4 is 19.5 Å². The Hall–Kier alpha value is -2.95. The van der Waals surface area contributed by atoms with Crippen LogP contribution in [0, 0.1) is 0 Å². The summed E-state index contributed by atoms with van der Waals surface area (Å²) in [7, 11) is 1.62. The fraction of sp³-hybridized carbons (Fsp3) is 0.400. The molecule has 0 saturated heterocycles. The Kier molecular flexibility index (Phi) is 10.3. The molecule has 0 aliphatic rings. The molecule has 5 heteroatoms. The SMILES string of the molecule is CCCCCOc1ccc(/C=C/C(=O)Nc2ccc(OCCCC)cc2)cc1OC. The minimum atomic E-state index is -0.200. The van der Waals surface area contributed by atoms with Gasteiger partial charge >= 0.3 is 0 Å². The Morgan fingerprint density at radius 3 is 2.33 bits per heavy atom. The number of carbonyl (C=O) groups is 1. The van der Waals surface area contributed by atoms with Crippen molar-refractivity contribution in [3.05, 3.63) is 54.1 Å². The lowest BCUT2D eigenvalue weighted by Crippen LogP contribution is -2.07. The predicted molar refractivity (Wildman–Crippen MR) is 123 cm³/mol. The highest BCUT2D eigenvalue weighted by atomic mass is 16.5. The number of benzene rings is 2. The molecule has 2 aromatic carbocycles. The van der Waals surface area contributed by atoms with Crippen LogP contribution in [0.5, 0.6) is 17.2 Å². The number of ether oxygens (including phenoxy) is 3. The lowest BCUT2D eigenvalue weighted by molar-refractivity contribution is -0.111. The smallest absolute Gasteiger partial charge is 0.248 e. The molecule has 2 rings (SSSR count). The third-order valence-electron chi connectivity index (χ3n) is 4.51. The van der Waals surface area contributed by atoms with Crippen LogP contribution in [0.3, 0.4) is 0 Å². The lowest BCUT2D eigenvalue weighted by atomic mass is 10.2. The van der Waals surface area contributed by atoms with Crippen LogP contribution in [0.15, 0.2) is 48.5 Å². The summed E-state index contributed by atoms with van der Waals surface area (Å²) in [5.41, 5.74) is 1.59. The molecule has 0 aliphatic carbocycles. The Labute approximate surface area is 180 Å². The maximum atomic E-state index is 12.2. The first-order chi connectivity index (χ1) is 14.7. The van der Waals surface area contributed by atoms with Gasteiger partial charge in [-0.3, -0.25) is 4.79 Å². The second-order valence-electron chi connectivity index (χ2n) is 7.01. The zero-order valence-electron chi connectivity index (χ0n) is 18.3. The van der Waals surface area contributed by atoms with Crippen LogP contribution in [0.2, 0.25) is 0 Å². The summed E-state index contributed by atoms with van der Waals surface area (Å²) in [5.74, 6) is 1.98. The highest BCUT2D eigenvalue weighted by Gasteiger charge is 2.05. The van der Waals surface area contributed by atoms with E-state index in [0.717, 1.165) is 54.9 Å². The standard InChI is InChI=1S/C25H33NO4/c1-4-6-8-18-30-23-15-9-20(19-24(23)28-3)10-16-25(27)26-21-11-13-22(14-12-21)29-17-7-5-2/h9-16,19H,4-8,17-18H2,1-3H3,(H,26,27)/b16-10+. The summed E-state index contributed by atoms with van der Waals surface area (Å²) < 4.78 is 16.8. The third-order valence-corrected chi connectivity index (χ3v) is 4.51. The fourth-order valence-electron chi connectivity index (χ4n) is 2.77. The molecule has 162 valence electrons. The largest absolute Gasteiger partial charge is 0.494 e. The van der Waals surface area contributed by atoms with Gasteiger partial charge in [0, 0.05) is 11.8 Å². The van der Waals surface area contributed by atoms with E-state index >= 15 is 0 Å². The van der Waals surface area contributed by atoms with Gasteiger partial charge in [-0.1, -0.05) is 39.2 Å². The summed E-state index contributed by atoms with van der Waals surface area (Å²) in [6, 6.07) is 13.0. The maximum Gasteiger partial charge on any atom is 0.248 e. The maximum absolute atomic E-state index is 12.2. The van der Waals surface area contributed by atoms with Gasteiger partial charge in [0.2, 0.25) is 5.91 Å². The number of carbonyl (C=O) groups excluding carboxylic acids is 1. The Morgan fingerprint density at radius 2 is 1.63 bits per heavy atom. The van der Waals surface area contributed by atoms with Crippen LogP contribution in [0.25, 0.3) is 6.08 Å². The van der Waals surface area contributed by atoms with Crippen molar-refractivity contribution >= 4 is 17.7 Å². The monoisotopic (exact) mass is 411 g/mol. The molecule has 0 unspecified atom stereocenters. The molecule has 5 nitrogen and oxygen atoms in total.